The van der Waals surface area contributed by atoms with Gasteiger partial charge in [0.1, 0.15) is 11.6 Å². The number of carbonyl (C=O) groups is 1. The van der Waals surface area contributed by atoms with Crippen LogP contribution < -0.4 is 15.4 Å². The quantitative estimate of drug-likeness (QED) is 0.659. The molecule has 0 saturated carbocycles. The predicted octanol–water partition coefficient (Wildman–Crippen LogP) is 4.36. The fraction of sp³-hybridized carbons (Fsp3) is 0.174. The Labute approximate surface area is 170 Å². The first-order chi connectivity index (χ1) is 14.1. The van der Waals surface area contributed by atoms with Crippen LogP contribution in [0.2, 0.25) is 0 Å². The molecule has 0 aliphatic rings. The minimum atomic E-state index is -0.271. The third-order valence-electron chi connectivity index (χ3n) is 4.38. The van der Waals surface area contributed by atoms with Crippen LogP contribution in [0.3, 0.4) is 0 Å². The molecule has 0 fully saturated rings. The van der Waals surface area contributed by atoms with Crippen molar-refractivity contribution in [3.8, 4) is 22.9 Å². The third-order valence-corrected chi connectivity index (χ3v) is 4.38. The van der Waals surface area contributed by atoms with E-state index in [-0.39, 0.29) is 6.03 Å². The summed E-state index contributed by atoms with van der Waals surface area (Å²) < 4.78 is 5.51. The van der Waals surface area contributed by atoms with Crippen LogP contribution in [-0.2, 0) is 6.42 Å². The highest BCUT2D eigenvalue weighted by Gasteiger charge is 2.09. The molecule has 0 atom stereocenters. The van der Waals surface area contributed by atoms with Crippen LogP contribution in [-0.4, -0.2) is 24.7 Å². The smallest absolute Gasteiger partial charge is 0.320 e. The van der Waals surface area contributed by atoms with Crippen molar-refractivity contribution in [3.63, 3.8) is 0 Å². The van der Waals surface area contributed by atoms with E-state index in [9.17, 15) is 10.1 Å². The SMILES string of the molecule is CCNC(=O)Nc1ccc(Cc2ccc(OC)c(-c3cccc(C#N)c3)c2)cn1. The molecule has 1 aromatic heterocycles. The molecule has 0 unspecified atom stereocenters. The number of hydrogen-bond donors (Lipinski definition) is 2. The molecular weight excluding hydrogens is 364 g/mol. The van der Waals surface area contributed by atoms with E-state index >= 15 is 0 Å². The lowest BCUT2D eigenvalue weighted by Crippen LogP contribution is -2.28. The van der Waals surface area contributed by atoms with Gasteiger partial charge in [-0.15, -0.1) is 0 Å². The zero-order chi connectivity index (χ0) is 20.6. The number of nitrogens with zero attached hydrogens (tertiary/aromatic N) is 2. The molecule has 0 aliphatic carbocycles. The zero-order valence-corrected chi connectivity index (χ0v) is 16.4. The number of carbonyl (C=O) groups excluding carboxylic acids is 1. The number of anilines is 1. The van der Waals surface area contributed by atoms with Crippen molar-refractivity contribution in [1.29, 1.82) is 5.26 Å². The second-order valence-corrected chi connectivity index (χ2v) is 6.44. The van der Waals surface area contributed by atoms with Crippen molar-refractivity contribution >= 4 is 11.8 Å². The molecule has 6 nitrogen and oxygen atoms in total. The molecule has 146 valence electrons. The largest absolute Gasteiger partial charge is 0.496 e. The molecule has 2 aromatic carbocycles. The second-order valence-electron chi connectivity index (χ2n) is 6.44. The number of amides is 2. The first-order valence-electron chi connectivity index (χ1n) is 9.30. The van der Waals surface area contributed by atoms with Gasteiger partial charge in [0.15, 0.2) is 0 Å². The van der Waals surface area contributed by atoms with Crippen molar-refractivity contribution in [1.82, 2.24) is 10.3 Å². The Hall–Kier alpha value is -3.85. The third kappa shape index (κ3) is 5.11. The van der Waals surface area contributed by atoms with Crippen molar-refractivity contribution < 1.29 is 9.53 Å². The Kier molecular flexibility index (Phi) is 6.43. The van der Waals surface area contributed by atoms with E-state index in [4.69, 9.17) is 4.74 Å². The number of aromatic nitrogens is 1. The summed E-state index contributed by atoms with van der Waals surface area (Å²) >= 11 is 0. The number of ether oxygens (including phenoxy) is 1. The summed E-state index contributed by atoms with van der Waals surface area (Å²) in [6.45, 7) is 2.41. The highest BCUT2D eigenvalue weighted by Crippen LogP contribution is 2.32. The molecule has 6 heteroatoms. The van der Waals surface area contributed by atoms with Gasteiger partial charge in [-0.2, -0.15) is 5.26 Å². The minimum absolute atomic E-state index is 0.271. The highest BCUT2D eigenvalue weighted by molar-refractivity contribution is 5.88. The van der Waals surface area contributed by atoms with Crippen molar-refractivity contribution in [2.45, 2.75) is 13.3 Å². The molecule has 0 spiro atoms. The minimum Gasteiger partial charge on any atom is -0.496 e. The van der Waals surface area contributed by atoms with E-state index in [0.717, 1.165) is 28.0 Å². The molecular formula is C23H22N4O2. The molecule has 2 N–H and O–H groups in total. The number of pyridine rings is 1. The van der Waals surface area contributed by atoms with Gasteiger partial charge in [0.25, 0.3) is 0 Å². The standard InChI is InChI=1S/C23H22N4O2/c1-3-25-23(28)27-22-10-8-18(15-26-22)11-16-7-9-21(29-2)20(13-16)19-6-4-5-17(12-19)14-24/h4-10,12-13,15H,3,11H2,1-2H3,(H2,25,26,27,28). The normalized spacial score (nSPS) is 10.1. The molecule has 0 saturated heterocycles. The summed E-state index contributed by atoms with van der Waals surface area (Å²) in [6, 6.07) is 19.1. The van der Waals surface area contributed by atoms with E-state index in [1.807, 2.05) is 43.3 Å². The van der Waals surface area contributed by atoms with Crippen LogP contribution >= 0.6 is 0 Å². The van der Waals surface area contributed by atoms with E-state index in [2.05, 4.69) is 27.8 Å². The lowest BCUT2D eigenvalue weighted by molar-refractivity contribution is 0.252. The van der Waals surface area contributed by atoms with E-state index < -0.39 is 0 Å². The van der Waals surface area contributed by atoms with Crippen LogP contribution in [0.1, 0.15) is 23.6 Å². The lowest BCUT2D eigenvalue weighted by atomic mass is 9.97. The van der Waals surface area contributed by atoms with Gasteiger partial charge in [-0.25, -0.2) is 9.78 Å². The van der Waals surface area contributed by atoms with Crippen LogP contribution in [0.5, 0.6) is 5.75 Å². The second kappa shape index (κ2) is 9.38. The topological polar surface area (TPSA) is 87.0 Å². The van der Waals surface area contributed by atoms with Crippen LogP contribution in [0.25, 0.3) is 11.1 Å². The molecule has 0 radical (unpaired) electrons. The predicted molar refractivity (Wildman–Crippen MR) is 113 cm³/mol. The highest BCUT2D eigenvalue weighted by atomic mass is 16.5. The van der Waals surface area contributed by atoms with Crippen LogP contribution in [0, 0.1) is 11.3 Å². The number of rotatable bonds is 6. The van der Waals surface area contributed by atoms with Gasteiger partial charge in [0.05, 0.1) is 18.7 Å². The average molecular weight is 386 g/mol. The molecule has 1 heterocycles. The fourth-order valence-corrected chi connectivity index (χ4v) is 3.01. The van der Waals surface area contributed by atoms with Gasteiger partial charge in [0, 0.05) is 18.3 Å². The lowest BCUT2D eigenvalue weighted by Gasteiger charge is -2.12. The number of nitrogens with one attached hydrogen (secondary N) is 2. The van der Waals surface area contributed by atoms with Crippen LogP contribution in [0.15, 0.2) is 60.8 Å². The Morgan fingerprint density at radius 3 is 2.66 bits per heavy atom. The Balaban J connectivity index is 1.81. The van der Waals surface area contributed by atoms with Crippen molar-refractivity contribution in [2.75, 3.05) is 19.0 Å². The maximum Gasteiger partial charge on any atom is 0.320 e. The summed E-state index contributed by atoms with van der Waals surface area (Å²) in [7, 11) is 1.64. The number of benzene rings is 2. The maximum atomic E-state index is 11.6. The van der Waals surface area contributed by atoms with E-state index in [0.29, 0.717) is 24.3 Å². The number of urea groups is 1. The fourth-order valence-electron chi connectivity index (χ4n) is 3.01. The summed E-state index contributed by atoms with van der Waals surface area (Å²) in [6.07, 6.45) is 2.44. The molecule has 3 rings (SSSR count). The number of methoxy groups -OCH3 is 1. The Bertz CT molecular complexity index is 1040. The molecule has 29 heavy (non-hydrogen) atoms. The van der Waals surface area contributed by atoms with Crippen LogP contribution in [0.4, 0.5) is 10.6 Å². The van der Waals surface area contributed by atoms with Gasteiger partial charge in [-0.3, -0.25) is 5.32 Å². The number of nitriles is 1. The van der Waals surface area contributed by atoms with Gasteiger partial charge in [-0.05, 0) is 60.4 Å². The monoisotopic (exact) mass is 386 g/mol. The van der Waals surface area contributed by atoms with Crippen molar-refractivity contribution in [3.05, 3.63) is 77.5 Å². The van der Waals surface area contributed by atoms with Crippen molar-refractivity contribution in [2.24, 2.45) is 0 Å². The van der Waals surface area contributed by atoms with E-state index in [1.165, 1.54) is 0 Å². The summed E-state index contributed by atoms with van der Waals surface area (Å²) in [5.74, 6) is 1.26. The Morgan fingerprint density at radius 2 is 1.97 bits per heavy atom. The molecule has 0 aliphatic heterocycles. The maximum absolute atomic E-state index is 11.6. The Morgan fingerprint density at radius 1 is 1.14 bits per heavy atom. The first kappa shape index (κ1) is 19.9. The summed E-state index contributed by atoms with van der Waals surface area (Å²) in [5, 5.41) is 14.5. The molecule has 3 aromatic rings. The summed E-state index contributed by atoms with van der Waals surface area (Å²) in [4.78, 5) is 15.9. The van der Waals surface area contributed by atoms with Gasteiger partial charge in [-0.1, -0.05) is 24.3 Å². The first-order valence-corrected chi connectivity index (χ1v) is 9.30. The molecule has 0 bridgehead atoms. The average Bonchev–Trinajstić information content (AvgIpc) is 2.75. The van der Waals surface area contributed by atoms with E-state index in [1.54, 1.807) is 25.4 Å². The zero-order valence-electron chi connectivity index (χ0n) is 16.4. The van der Waals surface area contributed by atoms with Gasteiger partial charge >= 0.3 is 6.03 Å². The van der Waals surface area contributed by atoms with Gasteiger partial charge in [0.2, 0.25) is 0 Å². The number of hydrogen-bond acceptors (Lipinski definition) is 4. The van der Waals surface area contributed by atoms with Gasteiger partial charge < -0.3 is 10.1 Å². The molecule has 2 amide bonds. The summed E-state index contributed by atoms with van der Waals surface area (Å²) in [5.41, 5.74) is 4.59.